The Bertz CT molecular complexity index is 1250. The van der Waals surface area contributed by atoms with Gasteiger partial charge in [0.2, 0.25) is 11.8 Å². The molecule has 0 radical (unpaired) electrons. The van der Waals surface area contributed by atoms with Crippen molar-refractivity contribution < 1.29 is 15.0 Å². The van der Waals surface area contributed by atoms with Gasteiger partial charge in [-0.05, 0) is 73.6 Å². The second kappa shape index (κ2) is 10.9. The number of hydrogen-bond acceptors (Lipinski definition) is 5. The lowest BCUT2D eigenvalue weighted by Gasteiger charge is -2.13. The van der Waals surface area contributed by atoms with Crippen LogP contribution in [0.15, 0.2) is 67.3 Å². The first kappa shape index (κ1) is 24.9. The summed E-state index contributed by atoms with van der Waals surface area (Å²) in [5.74, 6) is -0.148. The van der Waals surface area contributed by atoms with Gasteiger partial charge in [-0.1, -0.05) is 24.8 Å². The second-order valence-corrected chi connectivity index (χ2v) is 8.41. The minimum Gasteiger partial charge on any atom is -0.508 e. The van der Waals surface area contributed by atoms with Gasteiger partial charge in [-0.25, -0.2) is 0 Å². The minimum atomic E-state index is -0.265. The molecule has 7 nitrogen and oxygen atoms in total. The molecule has 0 bridgehead atoms. The van der Waals surface area contributed by atoms with E-state index in [0.717, 1.165) is 11.3 Å². The number of anilines is 2. The van der Waals surface area contributed by atoms with Crippen molar-refractivity contribution in [2.24, 2.45) is 0 Å². The molecule has 34 heavy (non-hydrogen) atoms. The van der Waals surface area contributed by atoms with E-state index in [4.69, 9.17) is 12.2 Å². The average molecular weight is 479 g/mol. The number of carbonyl (C=O) groups is 1. The zero-order valence-electron chi connectivity index (χ0n) is 19.7. The number of nitrogens with zero attached hydrogens (tertiary/aromatic N) is 3. The van der Waals surface area contributed by atoms with Crippen LogP contribution in [0.3, 0.4) is 0 Å². The molecule has 0 spiro atoms. The fourth-order valence-corrected chi connectivity index (χ4v) is 4.05. The third-order valence-corrected chi connectivity index (χ3v) is 5.94. The lowest BCUT2D eigenvalue weighted by molar-refractivity contribution is -0.115. The van der Waals surface area contributed by atoms with Crippen LogP contribution in [0.25, 0.3) is 5.70 Å². The molecule has 1 heterocycles. The van der Waals surface area contributed by atoms with Gasteiger partial charge in [-0.15, -0.1) is 0 Å². The zero-order chi connectivity index (χ0) is 24.8. The van der Waals surface area contributed by atoms with Crippen LogP contribution >= 0.6 is 12.2 Å². The molecule has 3 aromatic rings. The summed E-state index contributed by atoms with van der Waals surface area (Å²) in [4.78, 5) is 14.9. The molecule has 0 aliphatic carbocycles. The van der Waals surface area contributed by atoms with Crippen molar-refractivity contribution in [3.63, 3.8) is 0 Å². The Hall–Kier alpha value is -3.78. The Labute approximate surface area is 204 Å². The molecule has 0 saturated heterocycles. The van der Waals surface area contributed by atoms with E-state index in [2.05, 4.69) is 11.9 Å². The second-order valence-electron chi connectivity index (χ2n) is 8.04. The van der Waals surface area contributed by atoms with E-state index < -0.39 is 0 Å². The summed E-state index contributed by atoms with van der Waals surface area (Å²) in [6, 6.07) is 14.4. The summed E-state index contributed by atoms with van der Waals surface area (Å²) in [7, 11) is 3.90. The van der Waals surface area contributed by atoms with Crippen LogP contribution in [0.2, 0.25) is 0 Å². The Kier molecular flexibility index (Phi) is 7.96. The molecular weight excluding hydrogens is 448 g/mol. The quantitative estimate of drug-likeness (QED) is 0.299. The number of benzene rings is 2. The van der Waals surface area contributed by atoms with Crippen molar-refractivity contribution in [1.82, 2.24) is 9.13 Å². The molecule has 3 N–H and O–H groups in total. The monoisotopic (exact) mass is 478 g/mol. The van der Waals surface area contributed by atoms with Gasteiger partial charge in [0.25, 0.3) is 0 Å². The highest BCUT2D eigenvalue weighted by Gasteiger charge is 2.21. The number of imidazole rings is 1. The summed E-state index contributed by atoms with van der Waals surface area (Å²) in [6.07, 6.45) is 3.96. The van der Waals surface area contributed by atoms with Gasteiger partial charge in [0.15, 0.2) is 4.77 Å². The van der Waals surface area contributed by atoms with Crippen LogP contribution < -0.4 is 10.2 Å². The number of allylic oxidation sites excluding steroid dienone is 3. The van der Waals surface area contributed by atoms with Crippen LogP contribution in [0.1, 0.15) is 18.2 Å². The summed E-state index contributed by atoms with van der Waals surface area (Å²) >= 11 is 5.67. The van der Waals surface area contributed by atoms with Gasteiger partial charge in [-0.2, -0.15) is 0 Å². The Morgan fingerprint density at radius 2 is 1.76 bits per heavy atom. The lowest BCUT2D eigenvalue weighted by Crippen LogP contribution is -2.17. The normalized spacial score (nSPS) is 11.3. The first-order valence-electron chi connectivity index (χ1n) is 10.9. The van der Waals surface area contributed by atoms with Crippen molar-refractivity contribution in [2.75, 3.05) is 24.3 Å². The number of aromatic hydroxyl groups is 2. The highest BCUT2D eigenvalue weighted by Crippen LogP contribution is 2.27. The van der Waals surface area contributed by atoms with Crippen molar-refractivity contribution in [3.8, 4) is 11.6 Å². The number of hydrogen-bond donors (Lipinski definition) is 3. The molecule has 0 unspecified atom stereocenters. The molecule has 0 atom stereocenters. The van der Waals surface area contributed by atoms with Crippen molar-refractivity contribution in [3.05, 3.63) is 83.3 Å². The standard InChI is InChI=1S/C26H30N4O3S/c1-5-20(6-2)30-25(33)23(17-24(32)27-19-9-11-21(12-10-19)28(3)4)29(26(30)34)16-15-18-7-13-22(31)14-8-18/h5-14,31,33H,1,15-17H2,2-4H3,(H,27,32). The van der Waals surface area contributed by atoms with Crippen LogP contribution in [0.4, 0.5) is 11.4 Å². The van der Waals surface area contributed by atoms with E-state index in [1.54, 1.807) is 28.9 Å². The predicted octanol–water partition coefficient (Wildman–Crippen LogP) is 4.97. The third-order valence-electron chi connectivity index (χ3n) is 5.54. The van der Waals surface area contributed by atoms with E-state index in [1.165, 1.54) is 4.57 Å². The SMILES string of the molecule is C=CC(=CC)n1c(O)c(CC(=O)Nc2ccc(N(C)C)cc2)n(CCc2ccc(O)cc2)c1=S. The van der Waals surface area contributed by atoms with E-state index in [9.17, 15) is 15.0 Å². The maximum atomic E-state index is 12.9. The molecule has 8 heteroatoms. The number of aryl methyl sites for hydroxylation is 1. The minimum absolute atomic E-state index is 0.0539. The fourth-order valence-electron chi connectivity index (χ4n) is 3.66. The number of amides is 1. The van der Waals surface area contributed by atoms with Gasteiger partial charge in [-0.3, -0.25) is 9.36 Å². The molecule has 1 aromatic heterocycles. The van der Waals surface area contributed by atoms with Crippen LogP contribution in [-0.2, 0) is 24.2 Å². The average Bonchev–Trinajstić information content (AvgIpc) is 3.04. The number of nitrogens with one attached hydrogen (secondary N) is 1. The Morgan fingerprint density at radius 1 is 1.12 bits per heavy atom. The summed E-state index contributed by atoms with van der Waals surface area (Å²) in [5, 5.41) is 23.5. The summed E-state index contributed by atoms with van der Waals surface area (Å²) in [6.45, 7) is 6.09. The molecule has 0 aliphatic rings. The number of aromatic nitrogens is 2. The highest BCUT2D eigenvalue weighted by molar-refractivity contribution is 7.71. The Balaban J connectivity index is 1.89. The molecule has 0 aliphatic heterocycles. The van der Waals surface area contributed by atoms with Gasteiger partial charge >= 0.3 is 0 Å². The third kappa shape index (κ3) is 5.58. The zero-order valence-corrected chi connectivity index (χ0v) is 20.5. The molecule has 0 saturated carbocycles. The highest BCUT2D eigenvalue weighted by atomic mass is 32.1. The topological polar surface area (TPSA) is 82.7 Å². The van der Waals surface area contributed by atoms with E-state index in [0.29, 0.717) is 34.8 Å². The van der Waals surface area contributed by atoms with Crippen molar-refractivity contribution in [1.29, 1.82) is 0 Å². The largest absolute Gasteiger partial charge is 0.508 e. The molecule has 0 fully saturated rings. The fraction of sp³-hybridized carbons (Fsp3) is 0.231. The maximum absolute atomic E-state index is 12.9. The van der Waals surface area contributed by atoms with E-state index in [-0.39, 0.29) is 24.0 Å². The van der Waals surface area contributed by atoms with Gasteiger partial charge in [0.05, 0.1) is 12.1 Å². The molecule has 178 valence electrons. The summed E-state index contributed by atoms with van der Waals surface area (Å²) < 4.78 is 3.68. The van der Waals surface area contributed by atoms with E-state index >= 15 is 0 Å². The van der Waals surface area contributed by atoms with Crippen LogP contribution in [0.5, 0.6) is 11.6 Å². The first-order chi connectivity index (χ1) is 16.2. The van der Waals surface area contributed by atoms with Crippen molar-refractivity contribution >= 4 is 35.2 Å². The lowest BCUT2D eigenvalue weighted by atomic mass is 10.1. The van der Waals surface area contributed by atoms with E-state index in [1.807, 2.05) is 62.3 Å². The predicted molar refractivity (Wildman–Crippen MR) is 140 cm³/mol. The van der Waals surface area contributed by atoms with Crippen LogP contribution in [-0.4, -0.2) is 39.3 Å². The molecule has 2 aromatic carbocycles. The van der Waals surface area contributed by atoms with Gasteiger partial charge in [0.1, 0.15) is 5.75 Å². The van der Waals surface area contributed by atoms with Crippen LogP contribution in [0, 0.1) is 4.77 Å². The van der Waals surface area contributed by atoms with Gasteiger partial charge < -0.3 is 25.0 Å². The number of rotatable bonds is 9. The number of carbonyl (C=O) groups excluding carboxylic acids is 1. The number of phenols is 1. The molecule has 1 amide bonds. The molecular formula is C26H30N4O3S. The van der Waals surface area contributed by atoms with Gasteiger partial charge in [0, 0.05) is 37.7 Å². The number of phenolic OH excluding ortho intramolecular Hbond substituents is 1. The summed E-state index contributed by atoms with van der Waals surface area (Å²) in [5.41, 5.74) is 3.75. The first-order valence-corrected chi connectivity index (χ1v) is 11.3. The Morgan fingerprint density at radius 3 is 2.32 bits per heavy atom. The smallest absolute Gasteiger partial charge is 0.230 e. The van der Waals surface area contributed by atoms with Crippen molar-refractivity contribution in [2.45, 2.75) is 26.3 Å². The molecule has 3 rings (SSSR count). The maximum Gasteiger partial charge on any atom is 0.230 e.